The van der Waals surface area contributed by atoms with Crippen LogP contribution in [0.15, 0.2) is 12.3 Å². The van der Waals surface area contributed by atoms with Gasteiger partial charge in [0.15, 0.2) is 0 Å². The average molecular weight is 378 g/mol. The third-order valence-electron chi connectivity index (χ3n) is 2.71. The highest BCUT2D eigenvalue weighted by Crippen LogP contribution is 2.19. The van der Waals surface area contributed by atoms with Gasteiger partial charge >= 0.3 is 11.9 Å². The van der Waals surface area contributed by atoms with Gasteiger partial charge < -0.3 is 20.8 Å². The highest BCUT2D eigenvalue weighted by atomic mass is 35.5. The van der Waals surface area contributed by atoms with Crippen LogP contribution in [-0.4, -0.2) is 50.9 Å². The Kier molecular flexibility index (Phi) is 7.40. The number of pyridine rings is 1. The molecule has 1 atom stereocenters. The molecule has 0 aliphatic heterocycles. The second-order valence-electron chi connectivity index (χ2n) is 4.53. The summed E-state index contributed by atoms with van der Waals surface area (Å²) in [5.74, 6) is -4.22. The SMILES string of the molecule is O=C(O)CC[C@H](NC(=O)c1ncc(NC(=O)CCl)cc1Cl)C(=O)O. The van der Waals surface area contributed by atoms with Crippen LogP contribution in [0.1, 0.15) is 23.3 Å². The van der Waals surface area contributed by atoms with Gasteiger partial charge in [-0.05, 0) is 12.5 Å². The summed E-state index contributed by atoms with van der Waals surface area (Å²) in [6.45, 7) is 0. The number of rotatable bonds is 8. The smallest absolute Gasteiger partial charge is 0.326 e. The molecule has 11 heteroatoms. The Balaban J connectivity index is 2.84. The first kappa shape index (κ1) is 19.7. The second kappa shape index (κ2) is 9.04. The van der Waals surface area contributed by atoms with Gasteiger partial charge in [0.1, 0.15) is 17.6 Å². The number of hydrogen-bond donors (Lipinski definition) is 4. The lowest BCUT2D eigenvalue weighted by molar-refractivity contribution is -0.140. The van der Waals surface area contributed by atoms with Crippen molar-refractivity contribution in [2.75, 3.05) is 11.2 Å². The summed E-state index contributed by atoms with van der Waals surface area (Å²) in [4.78, 5) is 48.5. The normalized spacial score (nSPS) is 11.4. The van der Waals surface area contributed by atoms with Gasteiger partial charge in [0.05, 0.1) is 16.9 Å². The van der Waals surface area contributed by atoms with E-state index in [1.807, 2.05) is 0 Å². The maximum atomic E-state index is 12.0. The lowest BCUT2D eigenvalue weighted by Crippen LogP contribution is -2.41. The molecule has 0 saturated heterocycles. The summed E-state index contributed by atoms with van der Waals surface area (Å²) in [5.41, 5.74) is -0.0509. The number of carbonyl (C=O) groups excluding carboxylic acids is 2. The first-order valence-electron chi connectivity index (χ1n) is 6.51. The zero-order valence-corrected chi connectivity index (χ0v) is 13.6. The van der Waals surface area contributed by atoms with Crippen molar-refractivity contribution in [3.63, 3.8) is 0 Å². The standard InChI is InChI=1S/C13H13Cl2N3O6/c14-4-9(19)17-6-3-7(15)11(16-5-6)12(22)18-8(13(23)24)1-2-10(20)21/h3,5,8H,1-2,4H2,(H,17,19)(H,18,22)(H,20,21)(H,23,24)/t8-/m0/s1. The van der Waals surface area contributed by atoms with Crippen molar-refractivity contribution < 1.29 is 29.4 Å². The van der Waals surface area contributed by atoms with Crippen LogP contribution < -0.4 is 10.6 Å². The molecule has 24 heavy (non-hydrogen) atoms. The van der Waals surface area contributed by atoms with Gasteiger partial charge in [-0.3, -0.25) is 14.4 Å². The molecule has 1 aromatic rings. The van der Waals surface area contributed by atoms with E-state index in [1.165, 1.54) is 6.07 Å². The molecule has 0 aliphatic carbocycles. The molecule has 9 nitrogen and oxygen atoms in total. The van der Waals surface area contributed by atoms with E-state index < -0.39 is 36.2 Å². The van der Waals surface area contributed by atoms with Crippen molar-refractivity contribution in [3.05, 3.63) is 23.0 Å². The van der Waals surface area contributed by atoms with Gasteiger partial charge in [0.25, 0.3) is 5.91 Å². The number of carbonyl (C=O) groups is 4. The third-order valence-corrected chi connectivity index (χ3v) is 3.24. The predicted molar refractivity (Wildman–Crippen MR) is 84.4 cm³/mol. The van der Waals surface area contributed by atoms with Crippen molar-refractivity contribution in [3.8, 4) is 0 Å². The molecule has 2 amide bonds. The highest BCUT2D eigenvalue weighted by Gasteiger charge is 2.23. The van der Waals surface area contributed by atoms with Crippen molar-refractivity contribution in [2.45, 2.75) is 18.9 Å². The zero-order chi connectivity index (χ0) is 18.3. The number of alkyl halides is 1. The molecule has 0 aliphatic rings. The van der Waals surface area contributed by atoms with Gasteiger partial charge in [-0.25, -0.2) is 9.78 Å². The number of anilines is 1. The zero-order valence-electron chi connectivity index (χ0n) is 12.1. The summed E-state index contributed by atoms with van der Waals surface area (Å²) in [5, 5.41) is 22.0. The van der Waals surface area contributed by atoms with E-state index in [2.05, 4.69) is 15.6 Å². The number of hydrogen-bond acceptors (Lipinski definition) is 5. The highest BCUT2D eigenvalue weighted by molar-refractivity contribution is 6.34. The maximum Gasteiger partial charge on any atom is 0.326 e. The van der Waals surface area contributed by atoms with E-state index in [9.17, 15) is 19.2 Å². The molecular formula is C13H13Cl2N3O6. The number of nitrogens with one attached hydrogen (secondary N) is 2. The minimum atomic E-state index is -1.40. The Bertz CT molecular complexity index is 667. The van der Waals surface area contributed by atoms with Crippen LogP contribution in [0.2, 0.25) is 5.02 Å². The third kappa shape index (κ3) is 6.01. The van der Waals surface area contributed by atoms with E-state index in [1.54, 1.807) is 0 Å². The van der Waals surface area contributed by atoms with Crippen LogP contribution >= 0.6 is 23.2 Å². The van der Waals surface area contributed by atoms with Gasteiger partial charge in [-0.2, -0.15) is 0 Å². The number of amides is 2. The molecule has 0 saturated carbocycles. The fourth-order valence-electron chi connectivity index (χ4n) is 1.62. The number of halogens is 2. The Labute approximate surface area is 146 Å². The van der Waals surface area contributed by atoms with E-state index >= 15 is 0 Å². The number of carboxylic acid groups (broad SMARTS) is 2. The van der Waals surface area contributed by atoms with Gasteiger partial charge in [0, 0.05) is 6.42 Å². The molecule has 1 heterocycles. The molecule has 0 aromatic carbocycles. The minimum Gasteiger partial charge on any atom is -0.481 e. The molecular weight excluding hydrogens is 365 g/mol. The van der Waals surface area contributed by atoms with Crippen LogP contribution in [0.25, 0.3) is 0 Å². The molecule has 130 valence electrons. The van der Waals surface area contributed by atoms with Gasteiger partial charge in [-0.15, -0.1) is 11.6 Å². The Morgan fingerprint density at radius 3 is 2.42 bits per heavy atom. The van der Waals surface area contributed by atoms with Crippen LogP contribution in [0.4, 0.5) is 5.69 Å². The largest absolute Gasteiger partial charge is 0.481 e. The van der Waals surface area contributed by atoms with Crippen LogP contribution in [0, 0.1) is 0 Å². The Hall–Kier alpha value is -2.39. The first-order chi connectivity index (χ1) is 11.2. The monoisotopic (exact) mass is 377 g/mol. The number of aliphatic carboxylic acids is 2. The number of aromatic nitrogens is 1. The van der Waals surface area contributed by atoms with E-state index in [-0.39, 0.29) is 28.7 Å². The van der Waals surface area contributed by atoms with Gasteiger partial charge in [0.2, 0.25) is 5.91 Å². The van der Waals surface area contributed by atoms with Crippen LogP contribution in [0.5, 0.6) is 0 Å². The number of nitrogens with zero attached hydrogens (tertiary/aromatic N) is 1. The van der Waals surface area contributed by atoms with E-state index in [0.29, 0.717) is 0 Å². The fourth-order valence-corrected chi connectivity index (χ4v) is 1.94. The molecule has 4 N–H and O–H groups in total. The summed E-state index contributed by atoms with van der Waals surface area (Å²) in [7, 11) is 0. The van der Waals surface area contributed by atoms with Crippen molar-refractivity contribution in [1.29, 1.82) is 0 Å². The molecule has 1 rings (SSSR count). The van der Waals surface area contributed by atoms with Crippen LogP contribution in [0.3, 0.4) is 0 Å². The van der Waals surface area contributed by atoms with Crippen LogP contribution in [-0.2, 0) is 14.4 Å². The molecule has 0 spiro atoms. The average Bonchev–Trinajstić information content (AvgIpc) is 2.50. The Morgan fingerprint density at radius 1 is 1.25 bits per heavy atom. The summed E-state index contributed by atoms with van der Waals surface area (Å²) in [6, 6.07) is -0.150. The molecule has 0 fully saturated rings. The summed E-state index contributed by atoms with van der Waals surface area (Å²) < 4.78 is 0. The summed E-state index contributed by atoms with van der Waals surface area (Å²) >= 11 is 11.2. The topological polar surface area (TPSA) is 146 Å². The lowest BCUT2D eigenvalue weighted by atomic mass is 10.1. The second-order valence-corrected chi connectivity index (χ2v) is 5.21. The number of carboxylic acids is 2. The van der Waals surface area contributed by atoms with Crippen molar-refractivity contribution >= 4 is 52.6 Å². The molecule has 0 bridgehead atoms. The van der Waals surface area contributed by atoms with Crippen molar-refractivity contribution in [2.24, 2.45) is 0 Å². The Morgan fingerprint density at radius 2 is 1.92 bits per heavy atom. The molecule has 0 unspecified atom stereocenters. The quantitative estimate of drug-likeness (QED) is 0.493. The maximum absolute atomic E-state index is 12.0. The fraction of sp³-hybridized carbons (Fsp3) is 0.308. The predicted octanol–water partition coefficient (Wildman–Crippen LogP) is 0.960. The van der Waals surface area contributed by atoms with Crippen molar-refractivity contribution in [1.82, 2.24) is 10.3 Å². The van der Waals surface area contributed by atoms with E-state index in [4.69, 9.17) is 33.4 Å². The summed E-state index contributed by atoms with van der Waals surface area (Å²) in [6.07, 6.45) is 0.429. The van der Waals surface area contributed by atoms with E-state index in [0.717, 1.165) is 6.20 Å². The lowest BCUT2D eigenvalue weighted by Gasteiger charge is -2.14. The van der Waals surface area contributed by atoms with Gasteiger partial charge in [-0.1, -0.05) is 11.6 Å². The first-order valence-corrected chi connectivity index (χ1v) is 7.42. The molecule has 0 radical (unpaired) electrons. The molecule has 1 aromatic heterocycles. The minimum absolute atomic E-state index is 0.123.